The van der Waals surface area contributed by atoms with Gasteiger partial charge in [0.1, 0.15) is 11.4 Å². The van der Waals surface area contributed by atoms with Crippen LogP contribution in [0.1, 0.15) is 36.5 Å². The fourth-order valence-electron chi connectivity index (χ4n) is 3.97. The molecule has 0 N–H and O–H groups in total. The number of carbonyl (C=O) groups is 1. The third-order valence-corrected chi connectivity index (χ3v) is 6.69. The summed E-state index contributed by atoms with van der Waals surface area (Å²) in [6.07, 6.45) is 0. The maximum Gasteiger partial charge on any atom is 0.344 e. The zero-order valence-corrected chi connectivity index (χ0v) is 17.1. The van der Waals surface area contributed by atoms with Crippen LogP contribution in [0, 0.1) is 5.82 Å². The minimum Gasteiger partial charge on any atom is -0.462 e. The van der Waals surface area contributed by atoms with Gasteiger partial charge in [-0.15, -0.1) is 0 Å². The Balaban J connectivity index is 1.84. The molecule has 2 aliphatic rings. The van der Waals surface area contributed by atoms with Gasteiger partial charge in [-0.2, -0.15) is 0 Å². The van der Waals surface area contributed by atoms with Gasteiger partial charge in [0, 0.05) is 31.6 Å². The van der Waals surface area contributed by atoms with Crippen molar-refractivity contribution in [2.45, 2.75) is 31.2 Å². The number of aromatic nitrogens is 1. The molecule has 6 nitrogen and oxygen atoms in total. The number of pyridine rings is 1. The monoisotopic (exact) mass is 405 g/mol. The Morgan fingerprint density at radius 3 is 2.57 bits per heavy atom. The summed E-state index contributed by atoms with van der Waals surface area (Å²) in [6.45, 7) is 10.3. The van der Waals surface area contributed by atoms with Gasteiger partial charge in [-0.05, 0) is 32.5 Å². The van der Waals surface area contributed by atoms with E-state index in [-0.39, 0.29) is 22.9 Å². The number of thioether (sulfide) groups is 1. The first-order valence-electron chi connectivity index (χ1n) is 9.69. The first kappa shape index (κ1) is 19.3. The lowest BCUT2D eigenvalue weighted by Gasteiger charge is -2.37. The van der Waals surface area contributed by atoms with Crippen LogP contribution in [0.5, 0.6) is 0 Å². The Hall–Kier alpha value is -2.06. The highest BCUT2D eigenvalue weighted by Gasteiger charge is 2.34. The number of esters is 1. The van der Waals surface area contributed by atoms with Crippen molar-refractivity contribution in [1.82, 2.24) is 9.47 Å². The van der Waals surface area contributed by atoms with Gasteiger partial charge in [-0.3, -0.25) is 4.79 Å². The summed E-state index contributed by atoms with van der Waals surface area (Å²) in [4.78, 5) is 29.7. The van der Waals surface area contributed by atoms with Gasteiger partial charge in [-0.1, -0.05) is 18.7 Å². The third-order valence-electron chi connectivity index (χ3n) is 5.51. The molecule has 8 heteroatoms. The zero-order valence-electron chi connectivity index (χ0n) is 16.3. The number of carbonyl (C=O) groups excluding carboxylic acids is 1. The smallest absolute Gasteiger partial charge is 0.344 e. The molecule has 1 unspecified atom stereocenters. The summed E-state index contributed by atoms with van der Waals surface area (Å²) in [6, 6.07) is 3.05. The molecule has 1 atom stereocenters. The Bertz CT molecular complexity index is 999. The zero-order chi connectivity index (χ0) is 20.0. The van der Waals surface area contributed by atoms with Crippen LogP contribution in [-0.4, -0.2) is 54.8 Å². The van der Waals surface area contributed by atoms with Crippen molar-refractivity contribution in [3.8, 4) is 0 Å². The summed E-state index contributed by atoms with van der Waals surface area (Å²) in [5, 5.41) is 0.908. The van der Waals surface area contributed by atoms with Crippen molar-refractivity contribution in [2.24, 2.45) is 0 Å². The molecule has 0 spiro atoms. The Kier molecular flexibility index (Phi) is 5.09. The number of likely N-dealkylation sites (N-methyl/N-ethyl adjacent to an activating group) is 1. The van der Waals surface area contributed by atoms with Gasteiger partial charge >= 0.3 is 5.97 Å². The molecule has 2 aliphatic heterocycles. The van der Waals surface area contributed by atoms with Crippen LogP contribution in [0.4, 0.5) is 10.1 Å². The molecule has 3 heterocycles. The molecule has 1 saturated heterocycles. The van der Waals surface area contributed by atoms with Crippen LogP contribution in [0.25, 0.3) is 10.9 Å². The highest BCUT2D eigenvalue weighted by atomic mass is 32.2. The highest BCUT2D eigenvalue weighted by Crippen LogP contribution is 2.46. The van der Waals surface area contributed by atoms with E-state index in [1.807, 2.05) is 16.4 Å². The molecule has 1 fully saturated rings. The molecule has 28 heavy (non-hydrogen) atoms. The Morgan fingerprint density at radius 1 is 1.25 bits per heavy atom. The number of halogens is 1. The summed E-state index contributed by atoms with van der Waals surface area (Å²) < 4.78 is 22.0. The third kappa shape index (κ3) is 2.99. The molecule has 4 rings (SSSR count). The first-order chi connectivity index (χ1) is 13.5. The van der Waals surface area contributed by atoms with Gasteiger partial charge in [0.2, 0.25) is 5.43 Å². The van der Waals surface area contributed by atoms with E-state index in [0.717, 1.165) is 32.7 Å². The minimum atomic E-state index is -0.641. The first-order valence-corrected chi connectivity index (χ1v) is 10.6. The number of ether oxygens (including phenoxy) is 1. The normalized spacial score (nSPS) is 19.4. The lowest BCUT2D eigenvalue weighted by molar-refractivity contribution is 0.0518. The number of hydrogen-bond acceptors (Lipinski definition) is 6. The molecular weight excluding hydrogens is 381 g/mol. The van der Waals surface area contributed by atoms with E-state index in [2.05, 4.69) is 11.8 Å². The van der Waals surface area contributed by atoms with Crippen LogP contribution in [-0.2, 0) is 4.74 Å². The number of hydrogen-bond donors (Lipinski definition) is 0. The van der Waals surface area contributed by atoms with Crippen LogP contribution < -0.4 is 10.3 Å². The molecular formula is C20H24FN3O3S. The molecule has 1 aromatic heterocycles. The molecule has 0 bridgehead atoms. The van der Waals surface area contributed by atoms with E-state index >= 15 is 0 Å². The van der Waals surface area contributed by atoms with Crippen molar-refractivity contribution in [3.05, 3.63) is 33.7 Å². The molecule has 0 aliphatic carbocycles. The largest absolute Gasteiger partial charge is 0.462 e. The van der Waals surface area contributed by atoms with Crippen molar-refractivity contribution in [2.75, 3.05) is 44.2 Å². The van der Waals surface area contributed by atoms with Crippen LogP contribution >= 0.6 is 11.8 Å². The van der Waals surface area contributed by atoms with Crippen molar-refractivity contribution >= 4 is 34.3 Å². The van der Waals surface area contributed by atoms with Gasteiger partial charge in [0.05, 0.1) is 28.2 Å². The van der Waals surface area contributed by atoms with E-state index in [1.165, 1.54) is 17.8 Å². The fourth-order valence-corrected chi connectivity index (χ4v) is 5.12. The summed E-state index contributed by atoms with van der Waals surface area (Å²) in [5.41, 5.74) is 0.750. The lowest BCUT2D eigenvalue weighted by Crippen LogP contribution is -2.46. The molecule has 0 radical (unpaired) electrons. The standard InChI is InChI=1S/C20H24FN3O3S/c1-4-22-6-8-23(9-7-22)16-11-15-13(10-14(16)21)18(25)17(20(26)27-5-2)19-24(15)12(3)28-19/h10-12H,4-9H2,1-3H3. The molecule has 0 saturated carbocycles. The number of rotatable bonds is 4. The second-order valence-corrected chi connectivity index (χ2v) is 8.36. The van der Waals surface area contributed by atoms with Gasteiger partial charge in [0.25, 0.3) is 0 Å². The van der Waals surface area contributed by atoms with Crippen LogP contribution in [0.2, 0.25) is 0 Å². The van der Waals surface area contributed by atoms with E-state index < -0.39 is 17.2 Å². The highest BCUT2D eigenvalue weighted by molar-refractivity contribution is 8.00. The Morgan fingerprint density at radius 2 is 1.96 bits per heavy atom. The predicted octanol–water partition coefficient (Wildman–Crippen LogP) is 3.08. The second-order valence-electron chi connectivity index (χ2n) is 7.06. The van der Waals surface area contributed by atoms with Gasteiger partial charge < -0.3 is 19.1 Å². The maximum absolute atomic E-state index is 15.0. The Labute approximate surface area is 167 Å². The van der Waals surface area contributed by atoms with E-state index in [9.17, 15) is 14.0 Å². The molecule has 150 valence electrons. The summed E-state index contributed by atoms with van der Waals surface area (Å²) in [5.74, 6) is -1.07. The topological polar surface area (TPSA) is 54.8 Å². The maximum atomic E-state index is 15.0. The quantitative estimate of drug-likeness (QED) is 0.729. The molecule has 1 aromatic carbocycles. The summed E-state index contributed by atoms with van der Waals surface area (Å²) in [7, 11) is 0. The van der Waals surface area contributed by atoms with Crippen molar-refractivity contribution in [3.63, 3.8) is 0 Å². The fraction of sp³-hybridized carbons (Fsp3) is 0.500. The van der Waals surface area contributed by atoms with E-state index in [0.29, 0.717) is 16.2 Å². The van der Waals surface area contributed by atoms with Crippen molar-refractivity contribution < 1.29 is 13.9 Å². The number of nitrogens with zero attached hydrogens (tertiary/aromatic N) is 3. The van der Waals surface area contributed by atoms with E-state index in [4.69, 9.17) is 4.74 Å². The lowest BCUT2D eigenvalue weighted by atomic mass is 10.1. The van der Waals surface area contributed by atoms with Gasteiger partial charge in [-0.25, -0.2) is 9.18 Å². The predicted molar refractivity (Wildman–Crippen MR) is 109 cm³/mol. The van der Waals surface area contributed by atoms with Crippen LogP contribution in [0.15, 0.2) is 22.0 Å². The average Bonchev–Trinajstić information content (AvgIpc) is 2.68. The number of anilines is 1. The molecule has 2 aromatic rings. The summed E-state index contributed by atoms with van der Waals surface area (Å²) >= 11 is 1.46. The number of benzene rings is 1. The number of piperazine rings is 1. The average molecular weight is 405 g/mol. The van der Waals surface area contributed by atoms with Gasteiger partial charge in [0.15, 0.2) is 0 Å². The van der Waals surface area contributed by atoms with E-state index in [1.54, 1.807) is 13.0 Å². The SMILES string of the molecule is CCOC(=O)c1c2n(c3cc(N4CCN(CC)CC4)c(F)cc3c1=O)C(C)S2. The molecule has 0 amide bonds. The second kappa shape index (κ2) is 7.40. The number of fused-ring (bicyclic) bond motifs is 3. The van der Waals surface area contributed by atoms with Crippen molar-refractivity contribution in [1.29, 1.82) is 0 Å². The van der Waals surface area contributed by atoms with Crippen LogP contribution in [0.3, 0.4) is 0 Å². The minimum absolute atomic E-state index is 0.0150.